The third kappa shape index (κ3) is 2.83. The predicted molar refractivity (Wildman–Crippen MR) is 61.3 cm³/mol. The van der Waals surface area contributed by atoms with E-state index >= 15 is 0 Å². The standard InChI is InChI=1S/C12H20N2O2/c1-9(7-15)11-8-16-12(14-11)6-10-4-2-3-5-13-10/h8-10,13,15H,2-7H2,1H3. The Bertz CT molecular complexity index is 319. The van der Waals surface area contributed by atoms with Crippen molar-refractivity contribution >= 4 is 0 Å². The molecule has 0 aromatic carbocycles. The predicted octanol–water partition coefficient (Wildman–Crippen LogP) is 1.45. The van der Waals surface area contributed by atoms with E-state index in [4.69, 9.17) is 9.52 Å². The Morgan fingerprint density at radius 2 is 2.50 bits per heavy atom. The van der Waals surface area contributed by atoms with Crippen molar-refractivity contribution in [1.82, 2.24) is 10.3 Å². The molecule has 1 fully saturated rings. The molecular weight excluding hydrogens is 204 g/mol. The van der Waals surface area contributed by atoms with Gasteiger partial charge in [-0.3, -0.25) is 0 Å². The number of hydrogen-bond acceptors (Lipinski definition) is 4. The molecule has 90 valence electrons. The second-order valence-corrected chi connectivity index (χ2v) is 4.60. The first kappa shape index (κ1) is 11.6. The van der Waals surface area contributed by atoms with Crippen molar-refractivity contribution < 1.29 is 9.52 Å². The Balaban J connectivity index is 1.91. The van der Waals surface area contributed by atoms with E-state index in [1.165, 1.54) is 19.3 Å². The Kier molecular flexibility index (Phi) is 3.96. The molecule has 1 aliphatic rings. The maximum absolute atomic E-state index is 9.02. The first-order valence-electron chi connectivity index (χ1n) is 6.08. The lowest BCUT2D eigenvalue weighted by Crippen LogP contribution is -2.35. The van der Waals surface area contributed by atoms with Crippen molar-refractivity contribution in [1.29, 1.82) is 0 Å². The lowest BCUT2D eigenvalue weighted by Gasteiger charge is -2.21. The van der Waals surface area contributed by atoms with E-state index in [1.807, 2.05) is 6.92 Å². The Hall–Kier alpha value is -0.870. The van der Waals surface area contributed by atoms with Crippen LogP contribution in [0.4, 0.5) is 0 Å². The molecule has 0 saturated carbocycles. The summed E-state index contributed by atoms with van der Waals surface area (Å²) in [6, 6.07) is 0.504. The van der Waals surface area contributed by atoms with Crippen molar-refractivity contribution in [2.24, 2.45) is 0 Å². The van der Waals surface area contributed by atoms with Gasteiger partial charge in [0.2, 0.25) is 0 Å². The molecule has 2 unspecified atom stereocenters. The SMILES string of the molecule is CC(CO)c1coc(CC2CCCCN2)n1. The molecule has 0 spiro atoms. The van der Waals surface area contributed by atoms with E-state index < -0.39 is 0 Å². The van der Waals surface area contributed by atoms with E-state index in [0.29, 0.717) is 6.04 Å². The largest absolute Gasteiger partial charge is 0.449 e. The van der Waals surface area contributed by atoms with Crippen LogP contribution in [0.5, 0.6) is 0 Å². The van der Waals surface area contributed by atoms with Crippen LogP contribution in [0.1, 0.15) is 43.7 Å². The number of piperidine rings is 1. The molecule has 1 aromatic heterocycles. The van der Waals surface area contributed by atoms with Gasteiger partial charge in [0.05, 0.1) is 12.3 Å². The molecule has 4 nitrogen and oxygen atoms in total. The van der Waals surface area contributed by atoms with Crippen LogP contribution in [0.15, 0.2) is 10.7 Å². The van der Waals surface area contributed by atoms with Gasteiger partial charge in [-0.15, -0.1) is 0 Å². The molecule has 0 amide bonds. The van der Waals surface area contributed by atoms with Gasteiger partial charge in [0, 0.05) is 18.4 Å². The van der Waals surface area contributed by atoms with E-state index in [2.05, 4.69) is 10.3 Å². The van der Waals surface area contributed by atoms with Crippen molar-refractivity contribution in [3.8, 4) is 0 Å². The smallest absolute Gasteiger partial charge is 0.195 e. The molecule has 1 aliphatic heterocycles. The summed E-state index contributed by atoms with van der Waals surface area (Å²) in [7, 11) is 0. The minimum absolute atomic E-state index is 0.0665. The van der Waals surface area contributed by atoms with Crippen molar-refractivity contribution in [3.63, 3.8) is 0 Å². The molecule has 1 aromatic rings. The fraction of sp³-hybridized carbons (Fsp3) is 0.750. The second kappa shape index (κ2) is 5.46. The molecule has 0 aliphatic carbocycles. The highest BCUT2D eigenvalue weighted by Crippen LogP contribution is 2.16. The van der Waals surface area contributed by atoms with Crippen molar-refractivity contribution in [2.75, 3.05) is 13.2 Å². The zero-order valence-electron chi connectivity index (χ0n) is 9.78. The minimum atomic E-state index is 0.0665. The van der Waals surface area contributed by atoms with E-state index in [9.17, 15) is 0 Å². The molecule has 4 heteroatoms. The van der Waals surface area contributed by atoms with Gasteiger partial charge in [-0.2, -0.15) is 0 Å². The number of nitrogens with one attached hydrogen (secondary N) is 1. The van der Waals surface area contributed by atoms with Crippen molar-refractivity contribution in [3.05, 3.63) is 17.8 Å². The average Bonchev–Trinajstić information content (AvgIpc) is 2.78. The van der Waals surface area contributed by atoms with Crippen molar-refractivity contribution in [2.45, 2.75) is 44.6 Å². The number of hydrogen-bond donors (Lipinski definition) is 2. The number of aliphatic hydroxyl groups is 1. The molecule has 2 N–H and O–H groups in total. The monoisotopic (exact) mass is 224 g/mol. The van der Waals surface area contributed by atoms with Crippen LogP contribution in [0, 0.1) is 0 Å². The summed E-state index contributed by atoms with van der Waals surface area (Å²) < 4.78 is 5.43. The molecule has 2 heterocycles. The van der Waals surface area contributed by atoms with Crippen LogP contribution in [0.2, 0.25) is 0 Å². The third-order valence-electron chi connectivity index (χ3n) is 3.18. The van der Waals surface area contributed by atoms with Crippen LogP contribution in [-0.4, -0.2) is 29.3 Å². The third-order valence-corrected chi connectivity index (χ3v) is 3.18. The highest BCUT2D eigenvalue weighted by molar-refractivity contribution is 5.03. The summed E-state index contributed by atoms with van der Waals surface area (Å²) in [5.74, 6) is 0.853. The van der Waals surface area contributed by atoms with Gasteiger partial charge in [0.15, 0.2) is 5.89 Å². The molecule has 1 saturated heterocycles. The fourth-order valence-electron chi connectivity index (χ4n) is 2.05. The number of aliphatic hydroxyl groups excluding tert-OH is 1. The molecule has 0 bridgehead atoms. The quantitative estimate of drug-likeness (QED) is 0.813. The Morgan fingerprint density at radius 3 is 3.19 bits per heavy atom. The molecule has 2 atom stereocenters. The average molecular weight is 224 g/mol. The van der Waals surface area contributed by atoms with Crippen LogP contribution in [0.25, 0.3) is 0 Å². The van der Waals surface area contributed by atoms with Crippen LogP contribution < -0.4 is 5.32 Å². The first-order chi connectivity index (χ1) is 7.79. The normalized spacial score (nSPS) is 23.2. The molecular formula is C12H20N2O2. The first-order valence-corrected chi connectivity index (χ1v) is 6.08. The van der Waals surface area contributed by atoms with Crippen LogP contribution in [0.3, 0.4) is 0 Å². The highest BCUT2D eigenvalue weighted by Gasteiger charge is 2.17. The fourth-order valence-corrected chi connectivity index (χ4v) is 2.05. The molecule has 2 rings (SSSR count). The highest BCUT2D eigenvalue weighted by atomic mass is 16.3. The number of nitrogens with zero attached hydrogens (tertiary/aromatic N) is 1. The Labute approximate surface area is 96.1 Å². The van der Waals surface area contributed by atoms with E-state index in [0.717, 1.165) is 24.6 Å². The Morgan fingerprint density at radius 1 is 1.62 bits per heavy atom. The second-order valence-electron chi connectivity index (χ2n) is 4.60. The van der Waals surface area contributed by atoms with Gasteiger partial charge in [-0.1, -0.05) is 13.3 Å². The molecule has 0 radical (unpaired) electrons. The topological polar surface area (TPSA) is 58.3 Å². The summed E-state index contributed by atoms with van der Waals surface area (Å²) >= 11 is 0. The van der Waals surface area contributed by atoms with Gasteiger partial charge >= 0.3 is 0 Å². The van der Waals surface area contributed by atoms with Gasteiger partial charge < -0.3 is 14.8 Å². The van der Waals surface area contributed by atoms with Gasteiger partial charge in [0.25, 0.3) is 0 Å². The molecule has 16 heavy (non-hydrogen) atoms. The van der Waals surface area contributed by atoms with Gasteiger partial charge in [-0.25, -0.2) is 4.98 Å². The van der Waals surface area contributed by atoms with Crippen LogP contribution in [-0.2, 0) is 6.42 Å². The van der Waals surface area contributed by atoms with E-state index in [-0.39, 0.29) is 12.5 Å². The van der Waals surface area contributed by atoms with E-state index in [1.54, 1.807) is 6.26 Å². The summed E-state index contributed by atoms with van der Waals surface area (Å²) in [5, 5.41) is 12.5. The summed E-state index contributed by atoms with van der Waals surface area (Å²) in [4.78, 5) is 4.41. The summed E-state index contributed by atoms with van der Waals surface area (Å²) in [6.07, 6.45) is 6.29. The lowest BCUT2D eigenvalue weighted by atomic mass is 10.0. The number of aromatic nitrogens is 1. The number of oxazole rings is 1. The van der Waals surface area contributed by atoms with Gasteiger partial charge in [0.1, 0.15) is 6.26 Å². The lowest BCUT2D eigenvalue weighted by molar-refractivity contribution is 0.271. The maximum atomic E-state index is 9.02. The minimum Gasteiger partial charge on any atom is -0.449 e. The summed E-state index contributed by atoms with van der Waals surface area (Å²) in [6.45, 7) is 3.17. The summed E-state index contributed by atoms with van der Waals surface area (Å²) in [5.41, 5.74) is 0.855. The zero-order valence-corrected chi connectivity index (χ0v) is 9.78. The maximum Gasteiger partial charge on any atom is 0.195 e. The van der Waals surface area contributed by atoms with Gasteiger partial charge in [-0.05, 0) is 19.4 Å². The number of rotatable bonds is 4. The zero-order chi connectivity index (χ0) is 11.4. The van der Waals surface area contributed by atoms with Crippen LogP contribution >= 0.6 is 0 Å².